The Hall–Kier alpha value is -1.87. The fraction of sp³-hybridized carbons (Fsp3) is 0.267. The molecule has 0 aliphatic heterocycles. The number of pyridine rings is 1. The van der Waals surface area contributed by atoms with Crippen LogP contribution >= 0.6 is 0 Å². The molecule has 3 heteroatoms. The molecule has 18 heavy (non-hydrogen) atoms. The first kappa shape index (κ1) is 11.2. The Labute approximate surface area is 106 Å². The van der Waals surface area contributed by atoms with Crippen molar-refractivity contribution < 1.29 is 0 Å². The van der Waals surface area contributed by atoms with Gasteiger partial charge in [-0.05, 0) is 23.6 Å². The lowest BCUT2D eigenvalue weighted by Gasteiger charge is -2.30. The Morgan fingerprint density at radius 1 is 1.22 bits per heavy atom. The van der Waals surface area contributed by atoms with Crippen molar-refractivity contribution in [2.24, 2.45) is 5.73 Å². The smallest absolute Gasteiger partial charge is 0.255 e. The molecule has 3 rings (SSSR count). The summed E-state index contributed by atoms with van der Waals surface area (Å²) in [4.78, 5) is 12.1. The normalized spacial score (nSPS) is 17.1. The largest absolute Gasteiger partial charge is 0.326 e. The van der Waals surface area contributed by atoms with Crippen LogP contribution in [0.25, 0.3) is 0 Å². The maximum atomic E-state index is 12.1. The van der Waals surface area contributed by atoms with Crippen molar-refractivity contribution in [3.63, 3.8) is 0 Å². The van der Waals surface area contributed by atoms with E-state index in [2.05, 4.69) is 24.3 Å². The molecule has 0 radical (unpaired) electrons. The van der Waals surface area contributed by atoms with Crippen LogP contribution in [0.3, 0.4) is 0 Å². The Bertz CT molecular complexity index is 630. The second kappa shape index (κ2) is 4.42. The van der Waals surface area contributed by atoms with E-state index in [4.69, 9.17) is 5.73 Å². The molecule has 1 aromatic heterocycles. The molecule has 1 heterocycles. The van der Waals surface area contributed by atoms with Crippen LogP contribution in [0.2, 0.25) is 0 Å². The summed E-state index contributed by atoms with van der Waals surface area (Å²) in [5.41, 5.74) is 9.08. The summed E-state index contributed by atoms with van der Waals surface area (Å²) in [5, 5.41) is 0. The number of hydrogen-bond acceptors (Lipinski definition) is 2. The Morgan fingerprint density at radius 2 is 2.06 bits per heavy atom. The van der Waals surface area contributed by atoms with E-state index < -0.39 is 0 Å². The summed E-state index contributed by atoms with van der Waals surface area (Å²) in [6.45, 7) is 1.06. The third kappa shape index (κ3) is 1.77. The van der Waals surface area contributed by atoms with Crippen molar-refractivity contribution in [3.05, 3.63) is 69.6 Å². The van der Waals surface area contributed by atoms with Gasteiger partial charge in [0.25, 0.3) is 5.56 Å². The summed E-state index contributed by atoms with van der Waals surface area (Å²) in [6.07, 6.45) is 2.91. The van der Waals surface area contributed by atoms with Gasteiger partial charge in [0, 0.05) is 30.8 Å². The van der Waals surface area contributed by atoms with E-state index in [9.17, 15) is 4.79 Å². The second-order valence-corrected chi connectivity index (χ2v) is 4.79. The molecule has 0 saturated carbocycles. The van der Waals surface area contributed by atoms with Crippen LogP contribution in [0.15, 0.2) is 47.4 Å². The van der Waals surface area contributed by atoms with Crippen molar-refractivity contribution in [2.45, 2.75) is 25.4 Å². The standard InChI is InChI=1S/C15H16N2O/c16-9-12-5-3-7-17(15(12)18)10-13-8-11-4-1-2-6-14(11)13/h1-7,13H,8-10,16H2. The van der Waals surface area contributed by atoms with Crippen LogP contribution in [0, 0.1) is 0 Å². The highest BCUT2D eigenvalue weighted by Crippen LogP contribution is 2.35. The number of rotatable bonds is 3. The Kier molecular flexibility index (Phi) is 2.76. The highest BCUT2D eigenvalue weighted by molar-refractivity contribution is 5.39. The van der Waals surface area contributed by atoms with Crippen molar-refractivity contribution in [1.29, 1.82) is 0 Å². The summed E-state index contributed by atoms with van der Waals surface area (Å²) < 4.78 is 1.78. The van der Waals surface area contributed by atoms with Gasteiger partial charge in [-0.3, -0.25) is 4.79 Å². The van der Waals surface area contributed by atoms with Gasteiger partial charge in [-0.25, -0.2) is 0 Å². The van der Waals surface area contributed by atoms with Crippen LogP contribution in [-0.2, 0) is 19.5 Å². The average Bonchev–Trinajstić information content (AvgIpc) is 2.38. The molecule has 1 aromatic carbocycles. The van der Waals surface area contributed by atoms with Gasteiger partial charge in [0.05, 0.1) is 0 Å². The number of benzene rings is 1. The fourth-order valence-electron chi connectivity index (χ4n) is 2.65. The summed E-state index contributed by atoms with van der Waals surface area (Å²) in [6, 6.07) is 12.1. The summed E-state index contributed by atoms with van der Waals surface area (Å²) >= 11 is 0. The van der Waals surface area contributed by atoms with E-state index >= 15 is 0 Å². The molecule has 1 atom stereocenters. The quantitative estimate of drug-likeness (QED) is 0.886. The molecular weight excluding hydrogens is 224 g/mol. The summed E-state index contributed by atoms with van der Waals surface area (Å²) in [5.74, 6) is 0.465. The van der Waals surface area contributed by atoms with Crippen molar-refractivity contribution >= 4 is 0 Å². The molecule has 0 fully saturated rings. The van der Waals surface area contributed by atoms with Gasteiger partial charge in [0.2, 0.25) is 0 Å². The minimum absolute atomic E-state index is 0.0457. The van der Waals surface area contributed by atoms with Gasteiger partial charge in [0.1, 0.15) is 0 Å². The number of hydrogen-bond donors (Lipinski definition) is 1. The molecule has 3 nitrogen and oxygen atoms in total. The summed E-state index contributed by atoms with van der Waals surface area (Å²) in [7, 11) is 0. The molecule has 1 aliphatic rings. The van der Waals surface area contributed by atoms with Gasteiger partial charge < -0.3 is 10.3 Å². The highest BCUT2D eigenvalue weighted by Gasteiger charge is 2.25. The first-order valence-corrected chi connectivity index (χ1v) is 6.26. The molecule has 0 saturated heterocycles. The third-order valence-corrected chi connectivity index (χ3v) is 3.70. The number of fused-ring (bicyclic) bond motifs is 1. The maximum absolute atomic E-state index is 12.1. The lowest BCUT2D eigenvalue weighted by atomic mass is 9.77. The minimum Gasteiger partial charge on any atom is -0.326 e. The van der Waals surface area contributed by atoms with Gasteiger partial charge in [-0.2, -0.15) is 0 Å². The molecule has 1 unspecified atom stereocenters. The molecule has 92 valence electrons. The first-order chi connectivity index (χ1) is 8.79. The predicted octanol–water partition coefficient (Wildman–Crippen LogP) is 1.65. The molecule has 2 N–H and O–H groups in total. The zero-order chi connectivity index (χ0) is 12.5. The SMILES string of the molecule is NCc1cccn(CC2Cc3ccccc32)c1=O. The van der Waals surface area contributed by atoms with Crippen molar-refractivity contribution in [3.8, 4) is 0 Å². The van der Waals surface area contributed by atoms with E-state index in [1.54, 1.807) is 10.6 Å². The zero-order valence-electron chi connectivity index (χ0n) is 10.2. The molecule has 2 aromatic rings. The Morgan fingerprint density at radius 3 is 2.83 bits per heavy atom. The monoisotopic (exact) mass is 240 g/mol. The number of nitrogens with two attached hydrogens (primary N) is 1. The van der Waals surface area contributed by atoms with Crippen molar-refractivity contribution in [2.75, 3.05) is 0 Å². The molecule has 0 amide bonds. The third-order valence-electron chi connectivity index (χ3n) is 3.70. The van der Waals surface area contributed by atoms with E-state index in [0.717, 1.165) is 13.0 Å². The Balaban J connectivity index is 1.86. The molecular formula is C15H16N2O. The topological polar surface area (TPSA) is 48.0 Å². The van der Waals surface area contributed by atoms with E-state index in [-0.39, 0.29) is 5.56 Å². The highest BCUT2D eigenvalue weighted by atomic mass is 16.1. The molecule has 0 bridgehead atoms. The van der Waals surface area contributed by atoms with Gasteiger partial charge >= 0.3 is 0 Å². The minimum atomic E-state index is 0.0457. The van der Waals surface area contributed by atoms with Crippen LogP contribution in [0.1, 0.15) is 22.6 Å². The van der Waals surface area contributed by atoms with Crippen LogP contribution in [0.5, 0.6) is 0 Å². The zero-order valence-corrected chi connectivity index (χ0v) is 10.2. The molecule has 0 spiro atoms. The van der Waals surface area contributed by atoms with Gasteiger partial charge in [-0.1, -0.05) is 30.3 Å². The van der Waals surface area contributed by atoms with Gasteiger partial charge in [0.15, 0.2) is 0 Å². The fourth-order valence-corrected chi connectivity index (χ4v) is 2.65. The lowest BCUT2D eigenvalue weighted by Crippen LogP contribution is -2.30. The van der Waals surface area contributed by atoms with E-state index in [1.165, 1.54) is 11.1 Å². The van der Waals surface area contributed by atoms with Crippen LogP contribution < -0.4 is 11.3 Å². The van der Waals surface area contributed by atoms with Crippen LogP contribution in [0.4, 0.5) is 0 Å². The lowest BCUT2D eigenvalue weighted by molar-refractivity contribution is 0.497. The first-order valence-electron chi connectivity index (χ1n) is 6.26. The molecule has 1 aliphatic carbocycles. The van der Waals surface area contributed by atoms with Crippen molar-refractivity contribution in [1.82, 2.24) is 4.57 Å². The predicted molar refractivity (Wildman–Crippen MR) is 71.5 cm³/mol. The average molecular weight is 240 g/mol. The number of aromatic nitrogens is 1. The maximum Gasteiger partial charge on any atom is 0.255 e. The number of nitrogens with zero attached hydrogens (tertiary/aromatic N) is 1. The van der Waals surface area contributed by atoms with E-state index in [1.807, 2.05) is 12.3 Å². The van der Waals surface area contributed by atoms with Gasteiger partial charge in [-0.15, -0.1) is 0 Å². The second-order valence-electron chi connectivity index (χ2n) is 4.79. The van der Waals surface area contributed by atoms with Crippen LogP contribution in [-0.4, -0.2) is 4.57 Å². The van der Waals surface area contributed by atoms with E-state index in [0.29, 0.717) is 18.0 Å².